The standard InChI is InChI=1S/C17H20N4O4S/c1-4-21(23)17-12(2)5-10-16(13(17)3)26(24,25)20-15-8-6-14(7-9-15)19-18-11-22/h4-11,19-20,23H,1H2,2-3H3,(H,18,22). The van der Waals surface area contributed by atoms with Gasteiger partial charge in [-0.3, -0.25) is 25.6 Å². The fourth-order valence-corrected chi connectivity index (χ4v) is 3.80. The van der Waals surface area contributed by atoms with Crippen molar-refractivity contribution in [2.24, 2.45) is 0 Å². The molecule has 9 heteroatoms. The highest BCUT2D eigenvalue weighted by atomic mass is 32.2. The maximum atomic E-state index is 12.7. The van der Waals surface area contributed by atoms with Crippen LogP contribution >= 0.6 is 0 Å². The fraction of sp³-hybridized carbons (Fsp3) is 0.118. The van der Waals surface area contributed by atoms with Crippen molar-refractivity contribution in [2.75, 3.05) is 15.2 Å². The maximum absolute atomic E-state index is 12.7. The maximum Gasteiger partial charge on any atom is 0.262 e. The summed E-state index contributed by atoms with van der Waals surface area (Å²) in [6.07, 6.45) is 1.68. The number of hydrogen-bond donors (Lipinski definition) is 4. The van der Waals surface area contributed by atoms with Gasteiger partial charge in [0.1, 0.15) is 0 Å². The van der Waals surface area contributed by atoms with E-state index in [0.717, 1.165) is 5.06 Å². The van der Waals surface area contributed by atoms with E-state index in [-0.39, 0.29) is 4.90 Å². The molecule has 8 nitrogen and oxygen atoms in total. The Bertz CT molecular complexity index is 911. The Hall–Kier alpha value is -3.04. The molecule has 0 saturated heterocycles. The van der Waals surface area contributed by atoms with Crippen LogP contribution in [0.2, 0.25) is 0 Å². The van der Waals surface area contributed by atoms with Crippen molar-refractivity contribution in [3.63, 3.8) is 0 Å². The number of carbonyl (C=O) groups excluding carboxylic acids is 1. The lowest BCUT2D eigenvalue weighted by Gasteiger charge is -2.20. The Morgan fingerprint density at radius 2 is 1.69 bits per heavy atom. The Kier molecular flexibility index (Phi) is 5.86. The number of nitrogens with zero attached hydrogens (tertiary/aromatic N) is 1. The number of benzene rings is 2. The third-order valence-electron chi connectivity index (χ3n) is 3.69. The van der Waals surface area contributed by atoms with Crippen LogP contribution in [0.5, 0.6) is 0 Å². The predicted octanol–water partition coefficient (Wildman–Crippen LogP) is 2.52. The Labute approximate surface area is 152 Å². The summed E-state index contributed by atoms with van der Waals surface area (Å²) in [4.78, 5) is 10.3. The molecule has 2 aromatic carbocycles. The first-order chi connectivity index (χ1) is 12.3. The van der Waals surface area contributed by atoms with Crippen LogP contribution in [-0.2, 0) is 14.8 Å². The van der Waals surface area contributed by atoms with Gasteiger partial charge in [0.05, 0.1) is 16.3 Å². The second kappa shape index (κ2) is 7.89. The summed E-state index contributed by atoms with van der Waals surface area (Å²) in [6, 6.07) is 9.42. The lowest BCUT2D eigenvalue weighted by atomic mass is 10.1. The van der Waals surface area contributed by atoms with E-state index in [1.807, 2.05) is 0 Å². The number of anilines is 3. The summed E-state index contributed by atoms with van der Waals surface area (Å²) in [6.45, 7) is 6.86. The van der Waals surface area contributed by atoms with Crippen LogP contribution in [0.25, 0.3) is 0 Å². The number of amides is 1. The average Bonchev–Trinajstić information content (AvgIpc) is 2.60. The lowest BCUT2D eigenvalue weighted by molar-refractivity contribution is -0.109. The zero-order valence-corrected chi connectivity index (χ0v) is 15.2. The molecule has 0 bridgehead atoms. The van der Waals surface area contributed by atoms with Gasteiger partial charge in [-0.25, -0.2) is 13.5 Å². The van der Waals surface area contributed by atoms with Crippen molar-refractivity contribution in [1.29, 1.82) is 0 Å². The molecule has 0 radical (unpaired) electrons. The van der Waals surface area contributed by atoms with Crippen LogP contribution in [0.1, 0.15) is 11.1 Å². The second-order valence-electron chi connectivity index (χ2n) is 5.45. The van der Waals surface area contributed by atoms with Crippen molar-refractivity contribution in [3.05, 3.63) is 60.3 Å². The SMILES string of the molecule is C=CN(O)c1c(C)ccc(S(=O)(=O)Nc2ccc(NNC=O)cc2)c1C. The Morgan fingerprint density at radius 3 is 2.27 bits per heavy atom. The molecule has 0 spiro atoms. The highest BCUT2D eigenvalue weighted by Crippen LogP contribution is 2.30. The summed E-state index contributed by atoms with van der Waals surface area (Å²) in [5.74, 6) is 0. The van der Waals surface area contributed by atoms with E-state index in [2.05, 4.69) is 22.2 Å². The van der Waals surface area contributed by atoms with Gasteiger partial charge in [-0.15, -0.1) is 0 Å². The van der Waals surface area contributed by atoms with Crippen molar-refractivity contribution < 1.29 is 18.4 Å². The van der Waals surface area contributed by atoms with Crippen LogP contribution in [0.3, 0.4) is 0 Å². The minimum Gasteiger partial charge on any atom is -0.299 e. The summed E-state index contributed by atoms with van der Waals surface area (Å²) >= 11 is 0. The van der Waals surface area contributed by atoms with E-state index in [9.17, 15) is 18.4 Å². The van der Waals surface area contributed by atoms with Crippen LogP contribution in [-0.4, -0.2) is 20.0 Å². The monoisotopic (exact) mass is 376 g/mol. The zero-order valence-electron chi connectivity index (χ0n) is 14.4. The quantitative estimate of drug-likeness (QED) is 0.416. The fourth-order valence-electron chi connectivity index (χ4n) is 2.50. The molecule has 0 fully saturated rings. The summed E-state index contributed by atoms with van der Waals surface area (Å²) in [5.41, 5.74) is 7.33. The number of hydrogen-bond acceptors (Lipinski definition) is 6. The van der Waals surface area contributed by atoms with Crippen molar-refractivity contribution in [2.45, 2.75) is 18.7 Å². The number of carbonyl (C=O) groups is 1. The third-order valence-corrected chi connectivity index (χ3v) is 5.21. The van der Waals surface area contributed by atoms with E-state index >= 15 is 0 Å². The first-order valence-corrected chi connectivity index (χ1v) is 9.07. The molecule has 0 aliphatic heterocycles. The highest BCUT2D eigenvalue weighted by Gasteiger charge is 2.21. The number of hydroxylamine groups is 1. The third kappa shape index (κ3) is 4.13. The zero-order chi connectivity index (χ0) is 19.3. The van der Waals surface area contributed by atoms with Crippen LogP contribution in [0.15, 0.2) is 54.1 Å². The average molecular weight is 376 g/mol. The molecular weight excluding hydrogens is 356 g/mol. The molecule has 0 atom stereocenters. The van der Waals surface area contributed by atoms with E-state index in [1.54, 1.807) is 44.2 Å². The molecule has 26 heavy (non-hydrogen) atoms. The molecule has 0 unspecified atom stereocenters. The van der Waals surface area contributed by atoms with Crippen LogP contribution < -0.4 is 20.6 Å². The first kappa shape index (κ1) is 19.3. The Balaban J connectivity index is 2.33. The second-order valence-corrected chi connectivity index (χ2v) is 7.10. The van der Waals surface area contributed by atoms with Gasteiger partial charge in [0.15, 0.2) is 0 Å². The summed E-state index contributed by atoms with van der Waals surface area (Å²) < 4.78 is 28.0. The Morgan fingerprint density at radius 1 is 1.08 bits per heavy atom. The van der Waals surface area contributed by atoms with E-state index in [4.69, 9.17) is 0 Å². The first-order valence-electron chi connectivity index (χ1n) is 7.59. The van der Waals surface area contributed by atoms with Gasteiger partial charge in [-0.2, -0.15) is 0 Å². The van der Waals surface area contributed by atoms with Crippen LogP contribution in [0, 0.1) is 13.8 Å². The number of nitrogens with one attached hydrogen (secondary N) is 3. The minimum atomic E-state index is -3.87. The minimum absolute atomic E-state index is 0.0452. The number of sulfonamides is 1. The molecule has 0 aliphatic carbocycles. The molecule has 0 heterocycles. The largest absolute Gasteiger partial charge is 0.299 e. The molecule has 138 valence electrons. The van der Waals surface area contributed by atoms with Gasteiger partial charge in [-0.05, 0) is 55.3 Å². The van der Waals surface area contributed by atoms with Gasteiger partial charge in [0.25, 0.3) is 10.0 Å². The summed E-state index contributed by atoms with van der Waals surface area (Å²) in [7, 11) is -3.87. The number of aryl methyl sites for hydroxylation is 1. The highest BCUT2D eigenvalue weighted by molar-refractivity contribution is 7.92. The van der Waals surface area contributed by atoms with E-state index in [0.29, 0.717) is 34.6 Å². The van der Waals surface area contributed by atoms with Crippen molar-refractivity contribution in [1.82, 2.24) is 5.43 Å². The molecule has 4 N–H and O–H groups in total. The molecule has 2 rings (SSSR count). The molecule has 0 saturated carbocycles. The number of rotatable bonds is 8. The summed E-state index contributed by atoms with van der Waals surface area (Å²) in [5, 5.41) is 10.7. The molecule has 0 aromatic heterocycles. The van der Waals surface area contributed by atoms with E-state index in [1.165, 1.54) is 12.3 Å². The number of hydrazine groups is 1. The lowest BCUT2D eigenvalue weighted by Crippen LogP contribution is -2.19. The topological polar surface area (TPSA) is 111 Å². The van der Waals surface area contributed by atoms with Gasteiger partial charge in [0, 0.05) is 11.9 Å². The van der Waals surface area contributed by atoms with Gasteiger partial charge < -0.3 is 0 Å². The normalized spacial score (nSPS) is 10.7. The molecule has 2 aromatic rings. The molecule has 1 amide bonds. The van der Waals surface area contributed by atoms with Gasteiger partial charge in [-0.1, -0.05) is 12.6 Å². The van der Waals surface area contributed by atoms with Crippen molar-refractivity contribution in [3.8, 4) is 0 Å². The van der Waals surface area contributed by atoms with Gasteiger partial charge in [0.2, 0.25) is 6.41 Å². The predicted molar refractivity (Wildman–Crippen MR) is 100 cm³/mol. The van der Waals surface area contributed by atoms with Gasteiger partial charge >= 0.3 is 0 Å². The van der Waals surface area contributed by atoms with E-state index < -0.39 is 10.0 Å². The van der Waals surface area contributed by atoms with Crippen LogP contribution in [0.4, 0.5) is 17.1 Å². The smallest absolute Gasteiger partial charge is 0.262 e. The molecule has 0 aliphatic rings. The van der Waals surface area contributed by atoms with Crippen molar-refractivity contribution >= 4 is 33.5 Å². The molecular formula is C17H20N4O4S.